The molecule has 0 saturated carbocycles. The number of carbonyl (C=O) groups is 3. The third-order valence-corrected chi connectivity index (χ3v) is 3.62. The largest absolute Gasteiger partial charge is 0.478 e. The number of rotatable bonds is 5. The molecule has 6 N–H and O–H groups in total. The van der Waals surface area contributed by atoms with Crippen LogP contribution in [-0.2, 0) is 9.59 Å². The monoisotopic (exact) mass is 348 g/mol. The Balaban J connectivity index is 1.79. The Morgan fingerprint density at radius 3 is 2.44 bits per heavy atom. The van der Waals surface area contributed by atoms with Gasteiger partial charge in [0, 0.05) is 31.9 Å². The molecule has 0 atom stereocenters. The quantitative estimate of drug-likeness (QED) is 0.267. The SMILES string of the molecule is N=C(N)N1CCN(NC(=O)CC(=O)Nc2cccc(C(=O)O)c2)CC1. The predicted octanol–water partition coefficient (Wildman–Crippen LogP) is -0.744. The van der Waals surface area contributed by atoms with E-state index in [0.717, 1.165) is 0 Å². The van der Waals surface area contributed by atoms with Gasteiger partial charge in [-0.1, -0.05) is 6.07 Å². The molecule has 1 heterocycles. The van der Waals surface area contributed by atoms with Gasteiger partial charge in [0.1, 0.15) is 6.42 Å². The number of nitrogens with one attached hydrogen (secondary N) is 3. The average molecular weight is 348 g/mol. The van der Waals surface area contributed by atoms with E-state index in [1.54, 1.807) is 16.0 Å². The van der Waals surface area contributed by atoms with Gasteiger partial charge in [-0.25, -0.2) is 9.80 Å². The van der Waals surface area contributed by atoms with Gasteiger partial charge in [-0.05, 0) is 18.2 Å². The van der Waals surface area contributed by atoms with Gasteiger partial charge in [0.05, 0.1) is 5.56 Å². The number of nitrogens with two attached hydrogens (primary N) is 1. The molecule has 0 radical (unpaired) electrons. The molecule has 25 heavy (non-hydrogen) atoms. The lowest BCUT2D eigenvalue weighted by atomic mass is 10.2. The fourth-order valence-corrected chi connectivity index (χ4v) is 2.36. The molecule has 0 aromatic heterocycles. The lowest BCUT2D eigenvalue weighted by Gasteiger charge is -2.34. The zero-order valence-electron chi connectivity index (χ0n) is 13.5. The highest BCUT2D eigenvalue weighted by atomic mass is 16.4. The molecule has 1 aliphatic rings. The Hall–Kier alpha value is -3.14. The van der Waals surface area contributed by atoms with Crippen LogP contribution in [0.3, 0.4) is 0 Å². The summed E-state index contributed by atoms with van der Waals surface area (Å²) >= 11 is 0. The molecule has 1 aromatic carbocycles. The predicted molar refractivity (Wildman–Crippen MR) is 89.9 cm³/mol. The van der Waals surface area contributed by atoms with Crippen LogP contribution in [0.4, 0.5) is 5.69 Å². The molecule has 1 aromatic rings. The maximum absolute atomic E-state index is 11.9. The van der Waals surface area contributed by atoms with Crippen LogP contribution < -0.4 is 16.5 Å². The topological polar surface area (TPSA) is 152 Å². The molecule has 2 rings (SSSR count). The number of amides is 2. The van der Waals surface area contributed by atoms with E-state index >= 15 is 0 Å². The number of benzene rings is 1. The van der Waals surface area contributed by atoms with E-state index in [0.29, 0.717) is 31.9 Å². The Bertz CT molecular complexity index is 684. The van der Waals surface area contributed by atoms with Crippen LogP contribution in [0.2, 0.25) is 0 Å². The second-order valence-corrected chi connectivity index (χ2v) is 5.51. The van der Waals surface area contributed by atoms with Crippen LogP contribution in [0, 0.1) is 5.41 Å². The van der Waals surface area contributed by atoms with Gasteiger partial charge >= 0.3 is 5.97 Å². The fourth-order valence-electron chi connectivity index (χ4n) is 2.36. The minimum atomic E-state index is -1.10. The lowest BCUT2D eigenvalue weighted by Crippen LogP contribution is -2.56. The van der Waals surface area contributed by atoms with Gasteiger partial charge in [-0.2, -0.15) is 0 Å². The summed E-state index contributed by atoms with van der Waals surface area (Å²) in [6.07, 6.45) is -0.385. The third kappa shape index (κ3) is 5.46. The van der Waals surface area contributed by atoms with Crippen molar-refractivity contribution in [2.75, 3.05) is 31.5 Å². The zero-order chi connectivity index (χ0) is 18.4. The van der Waals surface area contributed by atoms with Gasteiger partial charge in [0.25, 0.3) is 0 Å². The van der Waals surface area contributed by atoms with Crippen LogP contribution in [0.15, 0.2) is 24.3 Å². The normalized spacial score (nSPS) is 14.6. The van der Waals surface area contributed by atoms with Crippen LogP contribution in [0.1, 0.15) is 16.8 Å². The number of aromatic carboxylic acids is 1. The molecule has 0 spiro atoms. The lowest BCUT2D eigenvalue weighted by molar-refractivity contribution is -0.130. The van der Waals surface area contributed by atoms with Crippen LogP contribution in [-0.4, -0.2) is 64.9 Å². The van der Waals surface area contributed by atoms with E-state index in [9.17, 15) is 14.4 Å². The first-order valence-corrected chi connectivity index (χ1v) is 7.62. The van der Waals surface area contributed by atoms with Gasteiger partial charge in [0.2, 0.25) is 11.8 Å². The van der Waals surface area contributed by atoms with Crippen molar-refractivity contribution < 1.29 is 19.5 Å². The summed E-state index contributed by atoms with van der Waals surface area (Å²) in [6, 6.07) is 5.78. The maximum atomic E-state index is 11.9. The Morgan fingerprint density at radius 1 is 1.16 bits per heavy atom. The van der Waals surface area contributed by atoms with Gasteiger partial charge in [-0.3, -0.25) is 20.4 Å². The molecule has 1 aliphatic heterocycles. The average Bonchev–Trinajstić information content (AvgIpc) is 2.55. The molecular formula is C15H20N6O4. The van der Waals surface area contributed by atoms with Crippen molar-refractivity contribution in [3.8, 4) is 0 Å². The van der Waals surface area contributed by atoms with E-state index in [2.05, 4.69) is 10.7 Å². The molecule has 134 valence electrons. The van der Waals surface area contributed by atoms with Crippen LogP contribution >= 0.6 is 0 Å². The molecule has 10 nitrogen and oxygen atoms in total. The van der Waals surface area contributed by atoms with Crippen molar-refractivity contribution in [2.45, 2.75) is 6.42 Å². The van der Waals surface area contributed by atoms with Crippen molar-refractivity contribution in [2.24, 2.45) is 5.73 Å². The second kappa shape index (κ2) is 8.11. The molecule has 1 fully saturated rings. The summed E-state index contributed by atoms with van der Waals surface area (Å²) in [6.45, 7) is 2.02. The summed E-state index contributed by atoms with van der Waals surface area (Å²) < 4.78 is 0. The standard InChI is InChI=1S/C15H20N6O4/c16-15(17)20-4-6-21(7-5-20)19-13(23)9-12(22)18-11-3-1-2-10(8-11)14(24)25/h1-3,8H,4-7,9H2,(H3,16,17)(H,18,22)(H,19,23)(H,24,25). The first-order chi connectivity index (χ1) is 11.8. The first-order valence-electron chi connectivity index (χ1n) is 7.62. The molecular weight excluding hydrogens is 328 g/mol. The van der Waals surface area contributed by atoms with Gasteiger partial charge in [-0.15, -0.1) is 0 Å². The third-order valence-electron chi connectivity index (χ3n) is 3.62. The van der Waals surface area contributed by atoms with Crippen molar-refractivity contribution in [1.29, 1.82) is 5.41 Å². The van der Waals surface area contributed by atoms with Gasteiger partial charge in [0.15, 0.2) is 5.96 Å². The summed E-state index contributed by atoms with van der Waals surface area (Å²) in [5.41, 5.74) is 8.38. The van der Waals surface area contributed by atoms with Crippen molar-refractivity contribution in [3.05, 3.63) is 29.8 Å². The number of piperazine rings is 1. The molecule has 1 saturated heterocycles. The van der Waals surface area contributed by atoms with Gasteiger partial charge < -0.3 is 21.1 Å². The molecule has 10 heteroatoms. The summed E-state index contributed by atoms with van der Waals surface area (Å²) in [7, 11) is 0. The smallest absolute Gasteiger partial charge is 0.335 e. The van der Waals surface area contributed by atoms with E-state index < -0.39 is 17.8 Å². The highest BCUT2D eigenvalue weighted by Crippen LogP contribution is 2.11. The number of hydrazine groups is 1. The number of carboxylic acids is 1. The minimum Gasteiger partial charge on any atom is -0.478 e. The van der Waals surface area contributed by atoms with E-state index in [4.69, 9.17) is 16.2 Å². The van der Waals surface area contributed by atoms with Crippen molar-refractivity contribution >= 4 is 29.4 Å². The number of carbonyl (C=O) groups excluding carboxylic acids is 2. The highest BCUT2D eigenvalue weighted by molar-refractivity contribution is 6.03. The van der Waals surface area contributed by atoms with E-state index in [1.165, 1.54) is 18.2 Å². The Kier molecular flexibility index (Phi) is 5.90. The first kappa shape index (κ1) is 18.2. The number of hydrogen-bond donors (Lipinski definition) is 5. The summed E-state index contributed by atoms with van der Waals surface area (Å²) in [5.74, 6) is -2.11. The molecule has 0 bridgehead atoms. The van der Waals surface area contributed by atoms with E-state index in [1.807, 2.05) is 0 Å². The van der Waals surface area contributed by atoms with Crippen LogP contribution in [0.5, 0.6) is 0 Å². The molecule has 0 aliphatic carbocycles. The number of hydrogen-bond acceptors (Lipinski definition) is 5. The molecule has 0 unspecified atom stereocenters. The minimum absolute atomic E-state index is 0.00561. The Labute approximate surface area is 144 Å². The molecule has 2 amide bonds. The fraction of sp³-hybridized carbons (Fsp3) is 0.333. The van der Waals surface area contributed by atoms with Crippen molar-refractivity contribution in [3.63, 3.8) is 0 Å². The summed E-state index contributed by atoms with van der Waals surface area (Å²) in [4.78, 5) is 36.4. The number of nitrogens with zero attached hydrogens (tertiary/aromatic N) is 2. The van der Waals surface area contributed by atoms with E-state index in [-0.39, 0.29) is 17.9 Å². The maximum Gasteiger partial charge on any atom is 0.335 e. The number of carboxylic acid groups (broad SMARTS) is 1. The van der Waals surface area contributed by atoms with Crippen molar-refractivity contribution in [1.82, 2.24) is 15.3 Å². The highest BCUT2D eigenvalue weighted by Gasteiger charge is 2.20. The Morgan fingerprint density at radius 2 is 1.84 bits per heavy atom. The number of guanidine groups is 1. The zero-order valence-corrected chi connectivity index (χ0v) is 13.5. The van der Waals surface area contributed by atoms with Crippen LogP contribution in [0.25, 0.3) is 0 Å². The summed E-state index contributed by atoms with van der Waals surface area (Å²) in [5, 5.41) is 20.4. The number of anilines is 1. The second-order valence-electron chi connectivity index (χ2n) is 5.51.